The Morgan fingerprint density at radius 3 is 2.65 bits per heavy atom. The van der Waals surface area contributed by atoms with Crippen molar-refractivity contribution in [3.63, 3.8) is 0 Å². The van der Waals surface area contributed by atoms with Crippen molar-refractivity contribution in [1.29, 1.82) is 0 Å². The molecule has 0 aromatic heterocycles. The van der Waals surface area contributed by atoms with Gasteiger partial charge in [0.15, 0.2) is 0 Å². The molecule has 0 radical (unpaired) electrons. The normalized spacial score (nSPS) is 33.2. The lowest BCUT2D eigenvalue weighted by atomic mass is 9.83. The number of carboxylic acids is 1. The minimum atomic E-state index is -0.736. The Morgan fingerprint density at radius 2 is 2.06 bits per heavy atom. The van der Waals surface area contributed by atoms with E-state index in [4.69, 9.17) is 4.74 Å². The molecule has 4 nitrogen and oxygen atoms in total. The van der Waals surface area contributed by atoms with Crippen molar-refractivity contribution in [2.75, 3.05) is 13.2 Å². The minimum Gasteiger partial charge on any atom is -0.480 e. The third kappa shape index (κ3) is 2.99. The van der Waals surface area contributed by atoms with Crippen molar-refractivity contribution in [1.82, 2.24) is 5.32 Å². The van der Waals surface area contributed by atoms with Crippen LogP contribution >= 0.6 is 0 Å². The Labute approximate surface area is 103 Å². The fraction of sp³-hybridized carbons (Fsp3) is 0.923. The van der Waals surface area contributed by atoms with E-state index < -0.39 is 11.5 Å². The molecular weight excluding hydrogens is 218 g/mol. The Hall–Kier alpha value is -0.610. The summed E-state index contributed by atoms with van der Waals surface area (Å²) in [4.78, 5) is 11.5. The molecule has 1 saturated heterocycles. The van der Waals surface area contributed by atoms with Crippen LogP contribution in [0.3, 0.4) is 0 Å². The SMILES string of the molecule is CC1CCCC(NC2(C(=O)O)CCOCC2)C1. The first-order valence-electron chi connectivity index (χ1n) is 6.71. The number of hydrogen-bond donors (Lipinski definition) is 2. The molecule has 2 fully saturated rings. The molecule has 4 heteroatoms. The first-order valence-corrected chi connectivity index (χ1v) is 6.71. The van der Waals surface area contributed by atoms with Gasteiger partial charge in [-0.05, 0) is 31.6 Å². The molecule has 1 saturated carbocycles. The third-order valence-electron chi connectivity index (χ3n) is 4.17. The maximum Gasteiger partial charge on any atom is 0.324 e. The average Bonchev–Trinajstić information content (AvgIpc) is 2.30. The van der Waals surface area contributed by atoms with Gasteiger partial charge in [0.2, 0.25) is 0 Å². The molecule has 1 aliphatic carbocycles. The van der Waals surface area contributed by atoms with E-state index in [-0.39, 0.29) is 0 Å². The highest BCUT2D eigenvalue weighted by molar-refractivity contribution is 5.79. The summed E-state index contributed by atoms with van der Waals surface area (Å²) in [5.74, 6) is 0.00552. The van der Waals surface area contributed by atoms with Crippen LogP contribution in [0.2, 0.25) is 0 Å². The van der Waals surface area contributed by atoms with Crippen LogP contribution in [0, 0.1) is 5.92 Å². The highest BCUT2D eigenvalue weighted by Crippen LogP contribution is 2.28. The largest absolute Gasteiger partial charge is 0.480 e. The van der Waals surface area contributed by atoms with E-state index in [2.05, 4.69) is 12.2 Å². The molecule has 2 rings (SSSR count). The fourth-order valence-corrected chi connectivity index (χ4v) is 3.10. The predicted octanol–water partition coefficient (Wildman–Crippen LogP) is 1.79. The van der Waals surface area contributed by atoms with Crippen molar-refractivity contribution < 1.29 is 14.6 Å². The summed E-state index contributed by atoms with van der Waals surface area (Å²) < 4.78 is 5.28. The van der Waals surface area contributed by atoms with Crippen LogP contribution in [0.25, 0.3) is 0 Å². The zero-order valence-electron chi connectivity index (χ0n) is 10.6. The molecule has 0 bridgehead atoms. The highest BCUT2D eigenvalue weighted by Gasteiger charge is 2.41. The number of nitrogens with one attached hydrogen (secondary N) is 1. The Bertz CT molecular complexity index is 274. The number of ether oxygens (including phenoxy) is 1. The molecule has 17 heavy (non-hydrogen) atoms. The zero-order chi connectivity index (χ0) is 12.3. The van der Waals surface area contributed by atoms with Crippen LogP contribution in [0.1, 0.15) is 45.4 Å². The van der Waals surface area contributed by atoms with Gasteiger partial charge in [0.1, 0.15) is 5.54 Å². The number of carbonyl (C=O) groups is 1. The summed E-state index contributed by atoms with van der Waals surface area (Å²) in [5.41, 5.74) is -0.736. The third-order valence-corrected chi connectivity index (χ3v) is 4.17. The van der Waals surface area contributed by atoms with E-state index >= 15 is 0 Å². The fourth-order valence-electron chi connectivity index (χ4n) is 3.10. The molecule has 2 aliphatic rings. The summed E-state index contributed by atoms with van der Waals surface area (Å²) in [6.07, 6.45) is 5.89. The van der Waals surface area contributed by atoms with Gasteiger partial charge in [-0.1, -0.05) is 19.8 Å². The van der Waals surface area contributed by atoms with Crippen molar-refractivity contribution in [2.24, 2.45) is 5.92 Å². The lowest BCUT2D eigenvalue weighted by Crippen LogP contribution is -2.59. The first-order chi connectivity index (χ1) is 8.12. The maximum atomic E-state index is 11.5. The molecule has 1 heterocycles. The average molecular weight is 241 g/mol. The zero-order valence-corrected chi connectivity index (χ0v) is 10.6. The van der Waals surface area contributed by atoms with Crippen LogP contribution in [-0.4, -0.2) is 35.9 Å². The lowest BCUT2D eigenvalue weighted by Gasteiger charge is -2.39. The van der Waals surface area contributed by atoms with Gasteiger partial charge < -0.3 is 9.84 Å². The first kappa shape index (κ1) is 12.8. The van der Waals surface area contributed by atoms with Gasteiger partial charge in [0.25, 0.3) is 0 Å². The molecule has 0 amide bonds. The molecule has 0 spiro atoms. The summed E-state index contributed by atoms with van der Waals surface area (Å²) in [6, 6.07) is 0.368. The molecule has 1 aliphatic heterocycles. The van der Waals surface area contributed by atoms with Crippen molar-refractivity contribution >= 4 is 5.97 Å². The molecule has 2 atom stereocenters. The Kier molecular flexibility index (Phi) is 4.05. The van der Waals surface area contributed by atoms with Crippen LogP contribution in [0.5, 0.6) is 0 Å². The predicted molar refractivity (Wildman–Crippen MR) is 65.0 cm³/mol. The topological polar surface area (TPSA) is 58.6 Å². The van der Waals surface area contributed by atoms with Gasteiger partial charge in [0.05, 0.1) is 0 Å². The monoisotopic (exact) mass is 241 g/mol. The summed E-state index contributed by atoms with van der Waals surface area (Å²) >= 11 is 0. The standard InChI is InChI=1S/C13H23NO3/c1-10-3-2-4-11(9-10)14-13(12(15)16)5-7-17-8-6-13/h10-11,14H,2-9H2,1H3,(H,15,16). The van der Waals surface area contributed by atoms with E-state index in [1.165, 1.54) is 12.8 Å². The van der Waals surface area contributed by atoms with Crippen LogP contribution < -0.4 is 5.32 Å². The van der Waals surface area contributed by atoms with E-state index in [0.29, 0.717) is 38.0 Å². The van der Waals surface area contributed by atoms with Crippen LogP contribution in [0.15, 0.2) is 0 Å². The van der Waals surface area contributed by atoms with Crippen LogP contribution in [-0.2, 0) is 9.53 Å². The van der Waals surface area contributed by atoms with Gasteiger partial charge in [-0.3, -0.25) is 10.1 Å². The molecule has 2 unspecified atom stereocenters. The van der Waals surface area contributed by atoms with Crippen molar-refractivity contribution in [3.8, 4) is 0 Å². The lowest BCUT2D eigenvalue weighted by molar-refractivity contribution is -0.150. The van der Waals surface area contributed by atoms with Gasteiger partial charge in [0, 0.05) is 19.3 Å². The molecule has 0 aromatic rings. The highest BCUT2D eigenvalue weighted by atomic mass is 16.5. The quantitative estimate of drug-likeness (QED) is 0.791. The Balaban J connectivity index is 1.99. The van der Waals surface area contributed by atoms with E-state index in [1.54, 1.807) is 0 Å². The van der Waals surface area contributed by atoms with E-state index in [1.807, 2.05) is 0 Å². The summed E-state index contributed by atoms with van der Waals surface area (Å²) in [6.45, 7) is 3.37. The van der Waals surface area contributed by atoms with E-state index in [9.17, 15) is 9.90 Å². The van der Waals surface area contributed by atoms with Gasteiger partial charge in [-0.25, -0.2) is 0 Å². The minimum absolute atomic E-state index is 0.368. The van der Waals surface area contributed by atoms with Gasteiger partial charge in [-0.15, -0.1) is 0 Å². The van der Waals surface area contributed by atoms with Gasteiger partial charge in [-0.2, -0.15) is 0 Å². The van der Waals surface area contributed by atoms with E-state index in [0.717, 1.165) is 12.8 Å². The molecular formula is C13H23NO3. The number of carboxylic acid groups (broad SMARTS) is 1. The van der Waals surface area contributed by atoms with Gasteiger partial charge >= 0.3 is 5.97 Å². The molecule has 2 N–H and O–H groups in total. The van der Waals surface area contributed by atoms with Crippen LogP contribution in [0.4, 0.5) is 0 Å². The second kappa shape index (κ2) is 5.36. The number of aliphatic carboxylic acids is 1. The second-order valence-corrected chi connectivity index (χ2v) is 5.61. The summed E-state index contributed by atoms with van der Waals surface area (Å²) in [7, 11) is 0. The van der Waals surface area contributed by atoms with Crippen molar-refractivity contribution in [2.45, 2.75) is 57.0 Å². The smallest absolute Gasteiger partial charge is 0.324 e. The number of hydrogen-bond acceptors (Lipinski definition) is 3. The second-order valence-electron chi connectivity index (χ2n) is 5.61. The maximum absolute atomic E-state index is 11.5. The number of rotatable bonds is 3. The summed E-state index contributed by atoms with van der Waals surface area (Å²) in [5, 5.41) is 12.9. The molecule has 0 aromatic carbocycles. The van der Waals surface area contributed by atoms with Crippen molar-refractivity contribution in [3.05, 3.63) is 0 Å². The Morgan fingerprint density at radius 1 is 1.35 bits per heavy atom. The molecule has 98 valence electrons.